The molecule has 0 amide bonds. The maximum absolute atomic E-state index is 12.1. The molecule has 90 valence electrons. The van der Waals surface area contributed by atoms with E-state index in [0.29, 0.717) is 6.54 Å². The summed E-state index contributed by atoms with van der Waals surface area (Å²) in [6, 6.07) is 1.12. The first kappa shape index (κ1) is 12.8. The van der Waals surface area contributed by atoms with Crippen molar-refractivity contribution < 1.29 is 23.1 Å². The predicted octanol–water partition coefficient (Wildman–Crippen LogP) is 1.86. The van der Waals surface area contributed by atoms with Crippen LogP contribution in [-0.2, 0) is 6.54 Å². The van der Waals surface area contributed by atoms with E-state index in [1.807, 2.05) is 0 Å². The summed E-state index contributed by atoms with van der Waals surface area (Å²) >= 11 is 0. The number of hydrogen-bond donors (Lipinski definition) is 1. The van der Waals surface area contributed by atoms with E-state index < -0.39 is 12.0 Å². The van der Waals surface area contributed by atoms with Crippen molar-refractivity contribution in [2.75, 3.05) is 6.61 Å². The van der Waals surface area contributed by atoms with E-state index in [1.54, 1.807) is 6.92 Å². The van der Waals surface area contributed by atoms with Gasteiger partial charge in [0.05, 0.1) is 0 Å². The third kappa shape index (κ3) is 3.10. The lowest BCUT2D eigenvalue weighted by atomic mass is 10.2. The molecule has 0 bridgehead atoms. The number of carbonyl (C=O) groups is 1. The number of aromatic nitrogens is 1. The molecule has 1 N–H and O–H groups in total. The molecule has 1 aromatic rings. The first-order chi connectivity index (χ1) is 7.34. The molecule has 6 heteroatoms. The number of aliphatic hydroxyl groups excluding tert-OH is 1. The van der Waals surface area contributed by atoms with Crippen LogP contribution < -0.4 is 0 Å². The van der Waals surface area contributed by atoms with Crippen LogP contribution in [0.4, 0.5) is 13.2 Å². The summed E-state index contributed by atoms with van der Waals surface area (Å²) < 4.78 is 37.7. The lowest BCUT2D eigenvalue weighted by Crippen LogP contribution is -2.22. The Labute approximate surface area is 90.5 Å². The Kier molecular flexibility index (Phi) is 3.74. The van der Waals surface area contributed by atoms with E-state index in [2.05, 4.69) is 0 Å². The standard InChI is InChI=1S/C10H12F3NO2/c1-7(6-15)4-14-3-2-8(5-14)9(16)10(11,12)13/h2-3,5,7,15H,4,6H2,1H3. The number of carbonyl (C=O) groups excluding carboxylic acids is 1. The molecule has 1 aromatic heterocycles. The van der Waals surface area contributed by atoms with Gasteiger partial charge in [0.1, 0.15) is 0 Å². The van der Waals surface area contributed by atoms with Gasteiger partial charge in [0, 0.05) is 31.1 Å². The van der Waals surface area contributed by atoms with Crippen LogP contribution in [-0.4, -0.2) is 28.2 Å². The summed E-state index contributed by atoms with van der Waals surface area (Å²) in [5.41, 5.74) is -0.377. The van der Waals surface area contributed by atoms with Crippen LogP contribution in [0.5, 0.6) is 0 Å². The second-order valence-electron chi connectivity index (χ2n) is 3.71. The number of halogens is 3. The molecule has 0 saturated heterocycles. The zero-order chi connectivity index (χ0) is 12.3. The van der Waals surface area contributed by atoms with Gasteiger partial charge in [0.15, 0.2) is 0 Å². The summed E-state index contributed by atoms with van der Waals surface area (Å²) in [7, 11) is 0. The maximum atomic E-state index is 12.1. The molecule has 0 aliphatic carbocycles. The Morgan fingerprint density at radius 1 is 1.56 bits per heavy atom. The molecule has 0 aromatic carbocycles. The van der Waals surface area contributed by atoms with E-state index in [1.165, 1.54) is 10.8 Å². The molecule has 0 aliphatic heterocycles. The minimum Gasteiger partial charge on any atom is -0.396 e. The van der Waals surface area contributed by atoms with Crippen LogP contribution in [0.1, 0.15) is 17.3 Å². The van der Waals surface area contributed by atoms with Gasteiger partial charge in [-0.3, -0.25) is 4.79 Å². The Morgan fingerprint density at radius 2 is 2.19 bits per heavy atom. The number of aliphatic hydroxyl groups is 1. The quantitative estimate of drug-likeness (QED) is 0.809. The molecule has 1 unspecified atom stereocenters. The van der Waals surface area contributed by atoms with Crippen LogP contribution in [0, 0.1) is 5.92 Å². The monoisotopic (exact) mass is 235 g/mol. The van der Waals surface area contributed by atoms with Gasteiger partial charge in [-0.2, -0.15) is 13.2 Å². The number of nitrogens with zero attached hydrogens (tertiary/aromatic N) is 1. The van der Waals surface area contributed by atoms with Crippen LogP contribution >= 0.6 is 0 Å². The predicted molar refractivity (Wildman–Crippen MR) is 51.1 cm³/mol. The zero-order valence-electron chi connectivity index (χ0n) is 8.66. The third-order valence-corrected chi connectivity index (χ3v) is 2.10. The van der Waals surface area contributed by atoms with Crippen molar-refractivity contribution in [2.24, 2.45) is 5.92 Å². The summed E-state index contributed by atoms with van der Waals surface area (Å²) in [5, 5.41) is 8.78. The number of rotatable bonds is 4. The Hall–Kier alpha value is -1.30. The third-order valence-electron chi connectivity index (χ3n) is 2.10. The normalized spacial score (nSPS) is 13.8. The van der Waals surface area contributed by atoms with Crippen LogP contribution in [0.15, 0.2) is 18.5 Å². The van der Waals surface area contributed by atoms with Crippen molar-refractivity contribution in [3.8, 4) is 0 Å². The molecule has 1 rings (SSSR count). The van der Waals surface area contributed by atoms with Gasteiger partial charge in [-0.25, -0.2) is 0 Å². The van der Waals surface area contributed by atoms with Crippen molar-refractivity contribution in [1.29, 1.82) is 0 Å². The van der Waals surface area contributed by atoms with Crippen LogP contribution in [0.2, 0.25) is 0 Å². The molecule has 0 spiro atoms. The number of hydrogen-bond acceptors (Lipinski definition) is 2. The smallest absolute Gasteiger partial charge is 0.396 e. The number of alkyl halides is 3. The van der Waals surface area contributed by atoms with E-state index in [4.69, 9.17) is 5.11 Å². The first-order valence-electron chi connectivity index (χ1n) is 4.72. The highest BCUT2D eigenvalue weighted by Crippen LogP contribution is 2.21. The fourth-order valence-corrected chi connectivity index (χ4v) is 1.27. The molecule has 1 heterocycles. The van der Waals surface area contributed by atoms with Crippen LogP contribution in [0.25, 0.3) is 0 Å². The Balaban J connectivity index is 2.76. The van der Waals surface area contributed by atoms with Gasteiger partial charge in [-0.05, 0) is 12.0 Å². The van der Waals surface area contributed by atoms with Gasteiger partial charge in [-0.1, -0.05) is 6.92 Å². The molecule has 0 radical (unpaired) electrons. The minimum atomic E-state index is -4.84. The molecule has 0 saturated carbocycles. The molecule has 16 heavy (non-hydrogen) atoms. The van der Waals surface area contributed by atoms with Crippen molar-refractivity contribution >= 4 is 5.78 Å². The highest BCUT2D eigenvalue weighted by molar-refractivity contribution is 6.00. The highest BCUT2D eigenvalue weighted by atomic mass is 19.4. The summed E-state index contributed by atoms with van der Waals surface area (Å²) in [6.07, 6.45) is -2.30. The summed E-state index contributed by atoms with van der Waals surface area (Å²) in [5.74, 6) is -1.91. The second kappa shape index (κ2) is 4.69. The summed E-state index contributed by atoms with van der Waals surface area (Å²) in [6.45, 7) is 2.08. The lowest BCUT2D eigenvalue weighted by Gasteiger charge is -2.08. The van der Waals surface area contributed by atoms with Crippen molar-refractivity contribution in [2.45, 2.75) is 19.6 Å². The molecule has 0 fully saturated rings. The first-order valence-corrected chi connectivity index (χ1v) is 4.72. The van der Waals surface area contributed by atoms with E-state index in [0.717, 1.165) is 12.3 Å². The van der Waals surface area contributed by atoms with Crippen molar-refractivity contribution in [3.05, 3.63) is 24.0 Å². The van der Waals surface area contributed by atoms with Gasteiger partial charge >= 0.3 is 6.18 Å². The van der Waals surface area contributed by atoms with E-state index in [-0.39, 0.29) is 18.1 Å². The van der Waals surface area contributed by atoms with Crippen molar-refractivity contribution in [1.82, 2.24) is 4.57 Å². The summed E-state index contributed by atoms with van der Waals surface area (Å²) in [4.78, 5) is 10.8. The topological polar surface area (TPSA) is 42.2 Å². The van der Waals surface area contributed by atoms with Gasteiger partial charge in [0.2, 0.25) is 0 Å². The van der Waals surface area contributed by atoms with Gasteiger partial charge in [0.25, 0.3) is 5.78 Å². The van der Waals surface area contributed by atoms with Crippen molar-refractivity contribution in [3.63, 3.8) is 0 Å². The van der Waals surface area contributed by atoms with Gasteiger partial charge in [-0.15, -0.1) is 0 Å². The fourth-order valence-electron chi connectivity index (χ4n) is 1.27. The second-order valence-corrected chi connectivity index (χ2v) is 3.71. The largest absolute Gasteiger partial charge is 0.454 e. The minimum absolute atomic E-state index is 0.0548. The molecule has 1 atom stereocenters. The highest BCUT2D eigenvalue weighted by Gasteiger charge is 2.39. The van der Waals surface area contributed by atoms with E-state index >= 15 is 0 Å². The number of Topliss-reactive ketones (excluding diaryl/α,β-unsaturated/α-hetero) is 1. The molecule has 0 aliphatic rings. The van der Waals surface area contributed by atoms with Crippen LogP contribution in [0.3, 0.4) is 0 Å². The average molecular weight is 235 g/mol. The molecular weight excluding hydrogens is 223 g/mol. The number of ketones is 1. The molecule has 3 nitrogen and oxygen atoms in total. The Morgan fingerprint density at radius 3 is 2.69 bits per heavy atom. The fraction of sp³-hybridized carbons (Fsp3) is 0.500. The average Bonchev–Trinajstić information content (AvgIpc) is 2.63. The Bertz CT molecular complexity index is 370. The zero-order valence-corrected chi connectivity index (χ0v) is 8.66. The maximum Gasteiger partial charge on any atom is 0.454 e. The lowest BCUT2D eigenvalue weighted by molar-refractivity contribution is -0.0885. The molecular formula is C10H12F3NO2. The van der Waals surface area contributed by atoms with Gasteiger partial charge < -0.3 is 9.67 Å². The van der Waals surface area contributed by atoms with E-state index in [9.17, 15) is 18.0 Å². The SMILES string of the molecule is CC(CO)Cn1ccc(C(=O)C(F)(F)F)c1.